The van der Waals surface area contributed by atoms with Crippen LogP contribution in [0.15, 0.2) is 24.3 Å². The van der Waals surface area contributed by atoms with Gasteiger partial charge in [0, 0.05) is 5.56 Å². The first kappa shape index (κ1) is 12.2. The van der Waals surface area contributed by atoms with Gasteiger partial charge in [0.25, 0.3) is 0 Å². The molecule has 16 heavy (non-hydrogen) atoms. The number of carbonyl (C=O) groups is 2. The highest BCUT2D eigenvalue weighted by atomic mass is 16.5. The Kier molecular flexibility index (Phi) is 3.66. The minimum atomic E-state index is -0.947. The molecule has 0 spiro atoms. The summed E-state index contributed by atoms with van der Waals surface area (Å²) in [6.07, 6.45) is 0.717. The maximum Gasteiger partial charge on any atom is 0.312 e. The van der Waals surface area contributed by atoms with Crippen molar-refractivity contribution in [2.24, 2.45) is 5.41 Å². The number of ether oxygens (including phenoxy) is 1. The van der Waals surface area contributed by atoms with Gasteiger partial charge in [-0.15, -0.1) is 0 Å². The van der Waals surface area contributed by atoms with E-state index in [1.807, 2.05) is 0 Å². The van der Waals surface area contributed by atoms with Gasteiger partial charge in [-0.3, -0.25) is 9.59 Å². The second kappa shape index (κ2) is 4.79. The lowest BCUT2D eigenvalue weighted by molar-refractivity contribution is -0.148. The van der Waals surface area contributed by atoms with Crippen LogP contribution in [-0.4, -0.2) is 24.0 Å². The van der Waals surface area contributed by atoms with Crippen LogP contribution in [0.2, 0.25) is 0 Å². The molecule has 0 amide bonds. The molecule has 0 aliphatic rings. The molecule has 86 valence electrons. The summed E-state index contributed by atoms with van der Waals surface area (Å²) in [6, 6.07) is 6.60. The maximum absolute atomic E-state index is 10.8. The zero-order valence-electron chi connectivity index (χ0n) is 9.27. The average molecular weight is 222 g/mol. The van der Waals surface area contributed by atoms with Gasteiger partial charge in [0.05, 0.1) is 5.41 Å². The lowest BCUT2D eigenvalue weighted by Crippen LogP contribution is -2.30. The van der Waals surface area contributed by atoms with Gasteiger partial charge in [0.2, 0.25) is 0 Å². The molecule has 4 heteroatoms. The molecule has 0 fully saturated rings. The number of carboxylic acids is 1. The number of hydrogen-bond acceptors (Lipinski definition) is 3. The molecule has 0 saturated heterocycles. The summed E-state index contributed by atoms with van der Waals surface area (Å²) in [5.74, 6) is -0.419. The summed E-state index contributed by atoms with van der Waals surface area (Å²) in [4.78, 5) is 21.3. The van der Waals surface area contributed by atoms with Gasteiger partial charge in [-0.25, -0.2) is 0 Å². The largest absolute Gasteiger partial charge is 0.492 e. The van der Waals surface area contributed by atoms with Crippen LogP contribution in [-0.2, 0) is 4.79 Å². The normalized spacial score (nSPS) is 10.9. The maximum atomic E-state index is 10.8. The third-order valence-electron chi connectivity index (χ3n) is 2.17. The highest BCUT2D eigenvalue weighted by Crippen LogP contribution is 2.19. The van der Waals surface area contributed by atoms with E-state index in [0.29, 0.717) is 11.3 Å². The molecular weight excluding hydrogens is 208 g/mol. The molecule has 1 aromatic carbocycles. The van der Waals surface area contributed by atoms with Gasteiger partial charge < -0.3 is 9.84 Å². The summed E-state index contributed by atoms with van der Waals surface area (Å²) in [6.45, 7) is 3.22. The molecule has 0 unspecified atom stereocenters. The summed E-state index contributed by atoms with van der Waals surface area (Å²) >= 11 is 0. The molecule has 0 heterocycles. The van der Waals surface area contributed by atoms with Crippen molar-refractivity contribution < 1.29 is 19.4 Å². The summed E-state index contributed by atoms with van der Waals surface area (Å²) in [5, 5.41) is 8.88. The molecule has 1 rings (SSSR count). The number of hydrogen-bond donors (Lipinski definition) is 1. The van der Waals surface area contributed by atoms with Gasteiger partial charge in [-0.1, -0.05) is 12.1 Å². The van der Waals surface area contributed by atoms with E-state index in [0.717, 1.165) is 6.29 Å². The standard InChI is InChI=1S/C12H14O4/c1-12(2,11(14)15)8-16-10-5-3-4-9(6-10)7-13/h3-7H,8H2,1-2H3,(H,14,15). The fourth-order valence-corrected chi connectivity index (χ4v) is 1.00. The van der Waals surface area contributed by atoms with Crippen LogP contribution >= 0.6 is 0 Å². The Morgan fingerprint density at radius 1 is 1.50 bits per heavy atom. The molecule has 0 radical (unpaired) electrons. The Bertz CT molecular complexity index is 396. The Morgan fingerprint density at radius 3 is 2.75 bits per heavy atom. The van der Waals surface area contributed by atoms with Crippen molar-refractivity contribution in [2.75, 3.05) is 6.61 Å². The molecular formula is C12H14O4. The second-order valence-corrected chi connectivity index (χ2v) is 4.17. The highest BCUT2D eigenvalue weighted by molar-refractivity contribution is 5.75. The first-order chi connectivity index (χ1) is 7.45. The fraction of sp³-hybridized carbons (Fsp3) is 0.333. The molecule has 1 aromatic rings. The van der Waals surface area contributed by atoms with E-state index in [2.05, 4.69) is 0 Å². The minimum absolute atomic E-state index is 0.0602. The lowest BCUT2D eigenvalue weighted by atomic mass is 9.95. The Labute approximate surface area is 93.9 Å². The van der Waals surface area contributed by atoms with E-state index in [1.165, 1.54) is 0 Å². The predicted octanol–water partition coefficient (Wildman–Crippen LogP) is 1.99. The van der Waals surface area contributed by atoms with Crippen molar-refractivity contribution in [3.05, 3.63) is 29.8 Å². The first-order valence-electron chi connectivity index (χ1n) is 4.87. The number of benzene rings is 1. The molecule has 4 nitrogen and oxygen atoms in total. The van der Waals surface area contributed by atoms with Crippen LogP contribution in [0.3, 0.4) is 0 Å². The molecule has 0 bridgehead atoms. The van der Waals surface area contributed by atoms with Gasteiger partial charge >= 0.3 is 5.97 Å². The fourth-order valence-electron chi connectivity index (χ4n) is 1.00. The molecule has 0 atom stereocenters. The summed E-state index contributed by atoms with van der Waals surface area (Å²) in [7, 11) is 0. The minimum Gasteiger partial charge on any atom is -0.492 e. The van der Waals surface area contributed by atoms with Crippen LogP contribution < -0.4 is 4.74 Å². The number of carboxylic acid groups (broad SMARTS) is 1. The van der Waals surface area contributed by atoms with Crippen LogP contribution in [0, 0.1) is 5.41 Å². The lowest BCUT2D eigenvalue weighted by Gasteiger charge is -2.19. The van der Waals surface area contributed by atoms with Crippen LogP contribution in [0.5, 0.6) is 5.75 Å². The smallest absolute Gasteiger partial charge is 0.312 e. The third-order valence-corrected chi connectivity index (χ3v) is 2.17. The van der Waals surface area contributed by atoms with Gasteiger partial charge in [-0.2, -0.15) is 0 Å². The second-order valence-electron chi connectivity index (χ2n) is 4.17. The highest BCUT2D eigenvalue weighted by Gasteiger charge is 2.28. The quantitative estimate of drug-likeness (QED) is 0.774. The SMILES string of the molecule is CC(C)(COc1cccc(C=O)c1)C(=O)O. The number of aldehydes is 1. The summed E-state index contributed by atoms with van der Waals surface area (Å²) in [5.41, 5.74) is -0.442. The van der Waals surface area contributed by atoms with Crippen LogP contribution in [0.4, 0.5) is 0 Å². The van der Waals surface area contributed by atoms with Crippen molar-refractivity contribution in [3.63, 3.8) is 0 Å². The van der Waals surface area contributed by atoms with E-state index in [4.69, 9.17) is 9.84 Å². The third kappa shape index (κ3) is 3.08. The number of carbonyl (C=O) groups excluding carboxylic acids is 1. The van der Waals surface area contributed by atoms with Crippen molar-refractivity contribution in [2.45, 2.75) is 13.8 Å². The average Bonchev–Trinajstić information content (AvgIpc) is 2.26. The van der Waals surface area contributed by atoms with Crippen molar-refractivity contribution in [1.82, 2.24) is 0 Å². The van der Waals surface area contributed by atoms with Crippen LogP contribution in [0.25, 0.3) is 0 Å². The molecule has 0 aliphatic heterocycles. The number of rotatable bonds is 5. The molecule has 0 aliphatic carbocycles. The zero-order valence-corrected chi connectivity index (χ0v) is 9.27. The van der Waals surface area contributed by atoms with Gasteiger partial charge in [0.15, 0.2) is 0 Å². The van der Waals surface area contributed by atoms with Crippen molar-refractivity contribution >= 4 is 12.3 Å². The Morgan fingerprint density at radius 2 is 2.19 bits per heavy atom. The van der Waals surface area contributed by atoms with Gasteiger partial charge in [-0.05, 0) is 26.0 Å². The van der Waals surface area contributed by atoms with Crippen molar-refractivity contribution in [1.29, 1.82) is 0 Å². The first-order valence-corrected chi connectivity index (χ1v) is 4.87. The Hall–Kier alpha value is -1.84. The van der Waals surface area contributed by atoms with E-state index in [9.17, 15) is 9.59 Å². The van der Waals surface area contributed by atoms with Gasteiger partial charge in [0.1, 0.15) is 18.6 Å². The predicted molar refractivity (Wildman–Crippen MR) is 58.7 cm³/mol. The van der Waals surface area contributed by atoms with E-state index < -0.39 is 11.4 Å². The van der Waals surface area contributed by atoms with E-state index in [-0.39, 0.29) is 6.61 Å². The zero-order chi connectivity index (χ0) is 12.2. The molecule has 0 saturated carbocycles. The molecule has 1 N–H and O–H groups in total. The topological polar surface area (TPSA) is 63.6 Å². The molecule has 0 aromatic heterocycles. The summed E-state index contributed by atoms with van der Waals surface area (Å²) < 4.78 is 5.33. The van der Waals surface area contributed by atoms with Crippen molar-refractivity contribution in [3.8, 4) is 5.75 Å². The number of aliphatic carboxylic acids is 1. The Balaban J connectivity index is 2.67. The van der Waals surface area contributed by atoms with E-state index in [1.54, 1.807) is 38.1 Å². The monoisotopic (exact) mass is 222 g/mol. The van der Waals surface area contributed by atoms with Crippen LogP contribution in [0.1, 0.15) is 24.2 Å². The van der Waals surface area contributed by atoms with E-state index >= 15 is 0 Å².